The third kappa shape index (κ3) is 4.66. The standard InChI is InChI=1S/C13H15N3O2/c1-10(17)15-8-9-16-13(18)12-4-2-11(3-5-12)6-7-14/h2-5H,6,8-9H2,1H3,(H,15,17)(H,16,18). The maximum absolute atomic E-state index is 11.7. The van der Waals surface area contributed by atoms with Crippen LogP contribution in [0.2, 0.25) is 0 Å². The first kappa shape index (κ1) is 13.7. The Kier molecular flexibility index (Phi) is 5.39. The van der Waals surface area contributed by atoms with Crippen LogP contribution < -0.4 is 10.6 Å². The molecular weight excluding hydrogens is 230 g/mol. The lowest BCUT2D eigenvalue weighted by Gasteiger charge is -2.06. The molecule has 2 amide bonds. The summed E-state index contributed by atoms with van der Waals surface area (Å²) in [6.45, 7) is 2.22. The SMILES string of the molecule is CC(=O)NCCNC(=O)c1ccc(CC#N)cc1. The highest BCUT2D eigenvalue weighted by Crippen LogP contribution is 2.04. The van der Waals surface area contributed by atoms with Gasteiger partial charge in [0, 0.05) is 25.6 Å². The first-order valence-corrected chi connectivity index (χ1v) is 5.62. The van der Waals surface area contributed by atoms with Gasteiger partial charge in [0.25, 0.3) is 5.91 Å². The summed E-state index contributed by atoms with van der Waals surface area (Å²) in [6.07, 6.45) is 0.338. The normalized spacial score (nSPS) is 9.33. The van der Waals surface area contributed by atoms with Crippen LogP contribution >= 0.6 is 0 Å². The molecule has 0 atom stereocenters. The van der Waals surface area contributed by atoms with E-state index in [-0.39, 0.29) is 11.8 Å². The monoisotopic (exact) mass is 245 g/mol. The minimum absolute atomic E-state index is 0.120. The second-order valence-electron chi connectivity index (χ2n) is 3.77. The van der Waals surface area contributed by atoms with Crippen LogP contribution in [0, 0.1) is 11.3 Å². The van der Waals surface area contributed by atoms with Gasteiger partial charge >= 0.3 is 0 Å². The lowest BCUT2D eigenvalue weighted by atomic mass is 10.1. The first-order chi connectivity index (χ1) is 8.63. The van der Waals surface area contributed by atoms with E-state index in [1.54, 1.807) is 24.3 Å². The maximum Gasteiger partial charge on any atom is 0.251 e. The zero-order valence-electron chi connectivity index (χ0n) is 10.2. The Balaban J connectivity index is 2.42. The summed E-state index contributed by atoms with van der Waals surface area (Å²) in [5, 5.41) is 13.8. The van der Waals surface area contributed by atoms with E-state index >= 15 is 0 Å². The van der Waals surface area contributed by atoms with E-state index in [4.69, 9.17) is 5.26 Å². The summed E-state index contributed by atoms with van der Waals surface area (Å²) in [7, 11) is 0. The number of amides is 2. The van der Waals surface area contributed by atoms with Crippen molar-refractivity contribution in [2.45, 2.75) is 13.3 Å². The van der Waals surface area contributed by atoms with E-state index in [2.05, 4.69) is 10.6 Å². The molecule has 0 heterocycles. The van der Waals surface area contributed by atoms with E-state index in [1.807, 2.05) is 6.07 Å². The van der Waals surface area contributed by atoms with Gasteiger partial charge in [0.05, 0.1) is 12.5 Å². The zero-order chi connectivity index (χ0) is 13.4. The fraction of sp³-hybridized carbons (Fsp3) is 0.308. The Bertz CT molecular complexity index is 460. The highest BCUT2D eigenvalue weighted by molar-refractivity contribution is 5.94. The molecule has 0 aromatic heterocycles. The smallest absolute Gasteiger partial charge is 0.251 e. The predicted octanol–water partition coefficient (Wildman–Crippen LogP) is 0.619. The van der Waals surface area contributed by atoms with Crippen molar-refractivity contribution in [3.05, 3.63) is 35.4 Å². The van der Waals surface area contributed by atoms with Gasteiger partial charge in [-0.15, -0.1) is 0 Å². The topological polar surface area (TPSA) is 82.0 Å². The number of nitrogens with one attached hydrogen (secondary N) is 2. The van der Waals surface area contributed by atoms with Crippen molar-refractivity contribution in [2.75, 3.05) is 13.1 Å². The molecule has 0 spiro atoms. The highest BCUT2D eigenvalue weighted by atomic mass is 16.2. The van der Waals surface area contributed by atoms with E-state index in [9.17, 15) is 9.59 Å². The fourth-order valence-electron chi connectivity index (χ4n) is 1.38. The van der Waals surface area contributed by atoms with Crippen LogP contribution in [0.3, 0.4) is 0 Å². The van der Waals surface area contributed by atoms with Gasteiger partial charge in [-0.1, -0.05) is 12.1 Å². The van der Waals surface area contributed by atoms with Crippen molar-refractivity contribution in [2.24, 2.45) is 0 Å². The molecule has 1 aromatic rings. The number of benzene rings is 1. The summed E-state index contributed by atoms with van der Waals surface area (Å²) >= 11 is 0. The van der Waals surface area contributed by atoms with Crippen molar-refractivity contribution >= 4 is 11.8 Å². The molecule has 0 unspecified atom stereocenters. The molecule has 1 rings (SSSR count). The Hall–Kier alpha value is -2.35. The molecule has 0 saturated heterocycles. The van der Waals surface area contributed by atoms with Crippen LogP contribution in [0.1, 0.15) is 22.8 Å². The van der Waals surface area contributed by atoms with Gasteiger partial charge in [0.1, 0.15) is 0 Å². The molecule has 94 valence electrons. The van der Waals surface area contributed by atoms with E-state index in [0.717, 1.165) is 5.56 Å². The number of carbonyl (C=O) groups excluding carboxylic acids is 2. The van der Waals surface area contributed by atoms with Crippen LogP contribution in [0.5, 0.6) is 0 Å². The van der Waals surface area contributed by atoms with Crippen LogP contribution in [0.15, 0.2) is 24.3 Å². The number of hydrogen-bond donors (Lipinski definition) is 2. The fourth-order valence-corrected chi connectivity index (χ4v) is 1.38. The summed E-state index contributed by atoms with van der Waals surface area (Å²) in [4.78, 5) is 22.3. The molecular formula is C13H15N3O2. The summed E-state index contributed by atoms with van der Waals surface area (Å²) in [5.74, 6) is -0.311. The molecule has 0 aliphatic carbocycles. The molecule has 0 bridgehead atoms. The average molecular weight is 245 g/mol. The molecule has 0 aliphatic heterocycles. The quantitative estimate of drug-likeness (QED) is 0.746. The number of nitrogens with zero attached hydrogens (tertiary/aromatic N) is 1. The number of nitriles is 1. The predicted molar refractivity (Wildman–Crippen MR) is 66.8 cm³/mol. The van der Waals surface area contributed by atoms with E-state index < -0.39 is 0 Å². The van der Waals surface area contributed by atoms with Crippen molar-refractivity contribution in [1.82, 2.24) is 10.6 Å². The van der Waals surface area contributed by atoms with Crippen LogP contribution in [0.25, 0.3) is 0 Å². The van der Waals surface area contributed by atoms with Gasteiger partial charge in [-0.05, 0) is 17.7 Å². The number of rotatable bonds is 5. The second-order valence-corrected chi connectivity index (χ2v) is 3.77. The van der Waals surface area contributed by atoms with Gasteiger partial charge in [-0.2, -0.15) is 5.26 Å². The Morgan fingerprint density at radius 1 is 1.17 bits per heavy atom. The van der Waals surface area contributed by atoms with Gasteiger partial charge in [-0.25, -0.2) is 0 Å². The van der Waals surface area contributed by atoms with Gasteiger partial charge in [0.15, 0.2) is 0 Å². The number of hydrogen-bond acceptors (Lipinski definition) is 3. The number of carbonyl (C=O) groups is 2. The Morgan fingerprint density at radius 3 is 2.33 bits per heavy atom. The molecule has 0 radical (unpaired) electrons. The lowest BCUT2D eigenvalue weighted by Crippen LogP contribution is -2.33. The van der Waals surface area contributed by atoms with Crippen molar-refractivity contribution in [1.29, 1.82) is 5.26 Å². The van der Waals surface area contributed by atoms with Crippen LogP contribution in [0.4, 0.5) is 0 Å². The van der Waals surface area contributed by atoms with Gasteiger partial charge in [0.2, 0.25) is 5.91 Å². The third-order valence-corrected chi connectivity index (χ3v) is 2.28. The largest absolute Gasteiger partial charge is 0.355 e. The second kappa shape index (κ2) is 7.07. The van der Waals surface area contributed by atoms with E-state index in [0.29, 0.717) is 25.1 Å². The zero-order valence-corrected chi connectivity index (χ0v) is 10.2. The van der Waals surface area contributed by atoms with E-state index in [1.165, 1.54) is 6.92 Å². The highest BCUT2D eigenvalue weighted by Gasteiger charge is 2.04. The summed E-state index contributed by atoms with van der Waals surface area (Å²) < 4.78 is 0. The molecule has 0 fully saturated rings. The van der Waals surface area contributed by atoms with Crippen molar-refractivity contribution in [3.8, 4) is 6.07 Å². The summed E-state index contributed by atoms with van der Waals surface area (Å²) in [5.41, 5.74) is 1.42. The van der Waals surface area contributed by atoms with Crippen molar-refractivity contribution in [3.63, 3.8) is 0 Å². The van der Waals surface area contributed by atoms with Crippen LogP contribution in [-0.2, 0) is 11.2 Å². The molecule has 5 heteroatoms. The average Bonchev–Trinajstić information content (AvgIpc) is 2.35. The maximum atomic E-state index is 11.7. The molecule has 0 saturated carbocycles. The first-order valence-electron chi connectivity index (χ1n) is 5.62. The molecule has 5 nitrogen and oxygen atoms in total. The van der Waals surface area contributed by atoms with Gasteiger partial charge < -0.3 is 10.6 Å². The van der Waals surface area contributed by atoms with Crippen molar-refractivity contribution < 1.29 is 9.59 Å². The minimum atomic E-state index is -0.191. The molecule has 1 aromatic carbocycles. The minimum Gasteiger partial charge on any atom is -0.355 e. The van der Waals surface area contributed by atoms with Crippen LogP contribution in [-0.4, -0.2) is 24.9 Å². The molecule has 2 N–H and O–H groups in total. The third-order valence-electron chi connectivity index (χ3n) is 2.28. The molecule has 18 heavy (non-hydrogen) atoms. The lowest BCUT2D eigenvalue weighted by molar-refractivity contribution is -0.118. The molecule has 0 aliphatic rings. The Labute approximate surface area is 106 Å². The Morgan fingerprint density at radius 2 is 1.78 bits per heavy atom. The van der Waals surface area contributed by atoms with Gasteiger partial charge in [-0.3, -0.25) is 9.59 Å². The summed E-state index contributed by atoms with van der Waals surface area (Å²) in [6, 6.07) is 8.92.